The lowest BCUT2D eigenvalue weighted by Crippen LogP contribution is -2.19. The van der Waals surface area contributed by atoms with E-state index >= 15 is 0 Å². The summed E-state index contributed by atoms with van der Waals surface area (Å²) in [5.41, 5.74) is 2.44. The molecule has 25 heavy (non-hydrogen) atoms. The highest BCUT2D eigenvalue weighted by atomic mass is 35.5. The smallest absolute Gasteiger partial charge is 0.265 e. The molecule has 0 amide bonds. The first-order chi connectivity index (χ1) is 12.0. The quantitative estimate of drug-likeness (QED) is 0.507. The summed E-state index contributed by atoms with van der Waals surface area (Å²) in [5, 5.41) is 14.2. The van der Waals surface area contributed by atoms with Crippen molar-refractivity contribution < 1.29 is 0 Å². The van der Waals surface area contributed by atoms with E-state index in [1.54, 1.807) is 18.2 Å². The lowest BCUT2D eigenvalue weighted by atomic mass is 10.1. The Hall–Kier alpha value is -2.28. The van der Waals surface area contributed by atoms with Gasteiger partial charge in [0.1, 0.15) is 5.01 Å². The van der Waals surface area contributed by atoms with Gasteiger partial charge in [0.2, 0.25) is 4.96 Å². The average Bonchev–Trinajstić information content (AvgIpc) is 3.01. The second-order valence-electron chi connectivity index (χ2n) is 5.45. The van der Waals surface area contributed by atoms with Gasteiger partial charge >= 0.3 is 5.56 Å². The van der Waals surface area contributed by atoms with Crippen molar-refractivity contribution in [2.45, 2.75) is 6.92 Å². The summed E-state index contributed by atoms with van der Waals surface area (Å²) in [5.74, 6) is 0. The van der Waals surface area contributed by atoms with Gasteiger partial charge in [-0.05, 0) is 25.1 Å². The summed E-state index contributed by atoms with van der Waals surface area (Å²) < 4.78 is 1.26. The van der Waals surface area contributed by atoms with Crippen LogP contribution in [0.1, 0.15) is 5.56 Å². The zero-order valence-corrected chi connectivity index (χ0v) is 15.2. The van der Waals surface area contributed by atoms with Crippen molar-refractivity contribution in [2.75, 3.05) is 0 Å². The SMILES string of the molecule is Cc1ccc(-c2nnc3sc(-c4ccc(Cl)cc4Cl)nn3c2=O)cc1. The minimum absolute atomic E-state index is 0.261. The largest absolute Gasteiger partial charge is 0.302 e. The van der Waals surface area contributed by atoms with Gasteiger partial charge in [0, 0.05) is 16.1 Å². The van der Waals surface area contributed by atoms with Crippen molar-refractivity contribution >= 4 is 39.5 Å². The molecule has 0 aliphatic rings. The molecule has 0 atom stereocenters. The minimum Gasteiger partial charge on any atom is -0.265 e. The van der Waals surface area contributed by atoms with Crippen LogP contribution in [-0.2, 0) is 0 Å². The van der Waals surface area contributed by atoms with Crippen molar-refractivity contribution in [3.63, 3.8) is 0 Å². The average molecular weight is 389 g/mol. The molecule has 0 aliphatic carbocycles. The van der Waals surface area contributed by atoms with Crippen molar-refractivity contribution in [3.05, 3.63) is 68.4 Å². The van der Waals surface area contributed by atoms with Crippen LogP contribution in [0.3, 0.4) is 0 Å². The molecule has 2 aromatic carbocycles. The van der Waals surface area contributed by atoms with Gasteiger partial charge in [-0.15, -0.1) is 10.2 Å². The first-order valence-corrected chi connectivity index (χ1v) is 8.89. The van der Waals surface area contributed by atoms with Gasteiger partial charge in [0.15, 0.2) is 5.69 Å². The third kappa shape index (κ3) is 2.93. The molecule has 0 saturated carbocycles. The van der Waals surface area contributed by atoms with Crippen LogP contribution in [0.2, 0.25) is 10.0 Å². The van der Waals surface area contributed by atoms with Crippen molar-refractivity contribution in [3.8, 4) is 21.8 Å². The van der Waals surface area contributed by atoms with E-state index in [1.807, 2.05) is 31.2 Å². The van der Waals surface area contributed by atoms with E-state index in [1.165, 1.54) is 15.9 Å². The fourth-order valence-electron chi connectivity index (χ4n) is 2.38. The van der Waals surface area contributed by atoms with Crippen LogP contribution in [0, 0.1) is 6.92 Å². The summed E-state index contributed by atoms with van der Waals surface area (Å²) in [6, 6.07) is 12.7. The summed E-state index contributed by atoms with van der Waals surface area (Å²) in [6.45, 7) is 1.98. The number of hydrogen-bond donors (Lipinski definition) is 0. The molecule has 0 bridgehead atoms. The zero-order chi connectivity index (χ0) is 17.6. The van der Waals surface area contributed by atoms with Gasteiger partial charge in [-0.25, -0.2) is 0 Å². The highest BCUT2D eigenvalue weighted by Gasteiger charge is 2.16. The molecule has 2 aromatic heterocycles. The first kappa shape index (κ1) is 16.2. The molecule has 124 valence electrons. The minimum atomic E-state index is -0.318. The molecule has 4 aromatic rings. The Morgan fingerprint density at radius 3 is 2.52 bits per heavy atom. The standard InChI is InChI=1S/C17H10Cl2N4OS/c1-9-2-4-10(5-3-9)14-16(24)23-17(21-20-14)25-15(22-23)12-7-6-11(18)8-13(12)19/h2-8H,1H3. The number of hydrogen-bond acceptors (Lipinski definition) is 5. The molecule has 0 fully saturated rings. The van der Waals surface area contributed by atoms with Crippen LogP contribution in [0.15, 0.2) is 47.3 Å². The predicted molar refractivity (Wildman–Crippen MR) is 101 cm³/mol. The van der Waals surface area contributed by atoms with Gasteiger partial charge in [0.25, 0.3) is 0 Å². The van der Waals surface area contributed by atoms with E-state index in [2.05, 4.69) is 15.3 Å². The number of nitrogens with zero attached hydrogens (tertiary/aromatic N) is 4. The molecule has 0 N–H and O–H groups in total. The molecule has 0 spiro atoms. The van der Waals surface area contributed by atoms with Gasteiger partial charge in [-0.1, -0.05) is 64.4 Å². The number of aromatic nitrogens is 4. The van der Waals surface area contributed by atoms with Crippen LogP contribution < -0.4 is 5.56 Å². The maximum atomic E-state index is 12.7. The first-order valence-electron chi connectivity index (χ1n) is 7.32. The van der Waals surface area contributed by atoms with E-state index in [9.17, 15) is 4.79 Å². The molecule has 4 rings (SSSR count). The number of rotatable bonds is 2. The van der Waals surface area contributed by atoms with Crippen LogP contribution in [0.4, 0.5) is 0 Å². The molecule has 0 unspecified atom stereocenters. The predicted octanol–water partition coefficient (Wildman–Crippen LogP) is 4.50. The summed E-state index contributed by atoms with van der Waals surface area (Å²) >= 11 is 13.4. The van der Waals surface area contributed by atoms with Crippen molar-refractivity contribution in [1.29, 1.82) is 0 Å². The van der Waals surface area contributed by atoms with Crippen LogP contribution >= 0.6 is 34.5 Å². The van der Waals surface area contributed by atoms with E-state index in [4.69, 9.17) is 23.2 Å². The highest BCUT2D eigenvalue weighted by molar-refractivity contribution is 7.19. The van der Waals surface area contributed by atoms with Crippen LogP contribution in [0.25, 0.3) is 26.8 Å². The maximum absolute atomic E-state index is 12.7. The maximum Gasteiger partial charge on any atom is 0.302 e. The van der Waals surface area contributed by atoms with Crippen LogP contribution in [-0.4, -0.2) is 19.8 Å². The molecule has 0 aliphatic heterocycles. The molecule has 2 heterocycles. The Balaban J connectivity index is 1.88. The summed E-state index contributed by atoms with van der Waals surface area (Å²) in [7, 11) is 0. The lowest BCUT2D eigenvalue weighted by Gasteiger charge is -2.00. The third-order valence-electron chi connectivity index (χ3n) is 3.68. The Labute approximate surface area is 156 Å². The Bertz CT molecular complexity index is 1150. The molecular formula is C17H10Cl2N4OS. The Kier molecular flexibility index (Phi) is 4.03. The fourth-order valence-corrected chi connectivity index (χ4v) is 3.81. The number of aryl methyl sites for hydroxylation is 1. The second kappa shape index (κ2) is 6.22. The van der Waals surface area contributed by atoms with E-state index in [-0.39, 0.29) is 11.3 Å². The molecule has 5 nitrogen and oxygen atoms in total. The monoisotopic (exact) mass is 388 g/mol. The van der Waals surface area contributed by atoms with E-state index in [0.717, 1.165) is 5.56 Å². The van der Waals surface area contributed by atoms with Crippen LogP contribution in [0.5, 0.6) is 0 Å². The fraction of sp³-hybridized carbons (Fsp3) is 0.0588. The third-order valence-corrected chi connectivity index (χ3v) is 5.16. The number of benzene rings is 2. The number of fused-ring (bicyclic) bond motifs is 1. The van der Waals surface area contributed by atoms with Gasteiger partial charge in [-0.3, -0.25) is 4.79 Å². The van der Waals surface area contributed by atoms with Crippen molar-refractivity contribution in [1.82, 2.24) is 19.8 Å². The zero-order valence-electron chi connectivity index (χ0n) is 12.9. The normalized spacial score (nSPS) is 11.2. The van der Waals surface area contributed by atoms with Gasteiger partial charge in [0.05, 0.1) is 5.02 Å². The topological polar surface area (TPSA) is 60.1 Å². The lowest BCUT2D eigenvalue weighted by molar-refractivity contribution is 0.862. The van der Waals surface area contributed by atoms with E-state index < -0.39 is 0 Å². The van der Waals surface area contributed by atoms with Crippen molar-refractivity contribution in [2.24, 2.45) is 0 Å². The van der Waals surface area contributed by atoms with E-state index in [0.29, 0.717) is 31.1 Å². The Morgan fingerprint density at radius 2 is 1.80 bits per heavy atom. The second-order valence-corrected chi connectivity index (χ2v) is 7.25. The highest BCUT2D eigenvalue weighted by Crippen LogP contribution is 2.32. The molecule has 0 radical (unpaired) electrons. The van der Waals surface area contributed by atoms with Gasteiger partial charge < -0.3 is 0 Å². The number of halogens is 2. The Morgan fingerprint density at radius 1 is 1.04 bits per heavy atom. The molecule has 8 heteroatoms. The molecule has 0 saturated heterocycles. The van der Waals surface area contributed by atoms with Gasteiger partial charge in [-0.2, -0.15) is 9.61 Å². The molecular weight excluding hydrogens is 379 g/mol. The summed E-state index contributed by atoms with van der Waals surface area (Å²) in [4.78, 5) is 13.2. The summed E-state index contributed by atoms with van der Waals surface area (Å²) in [6.07, 6.45) is 0.